The van der Waals surface area contributed by atoms with Crippen LogP contribution in [0, 0.1) is 6.92 Å². The van der Waals surface area contributed by atoms with Gasteiger partial charge in [-0.1, -0.05) is 33.6 Å². The molecule has 0 aliphatic carbocycles. The molecule has 0 amide bonds. The van der Waals surface area contributed by atoms with Crippen LogP contribution in [0.25, 0.3) is 0 Å². The molecule has 0 aliphatic heterocycles. The molecule has 0 radical (unpaired) electrons. The standard InChI is InChI=1S/C16H14BrCl2NO3S/c1-10-14(18)4-3-5-15(10)20(11(2)16(19)21)24(22,23)13-8-6-12(17)7-9-13/h3-9,11H,1-2H3. The lowest BCUT2D eigenvalue weighted by Gasteiger charge is -2.30. The van der Waals surface area contributed by atoms with Crippen molar-refractivity contribution in [2.45, 2.75) is 24.8 Å². The summed E-state index contributed by atoms with van der Waals surface area (Å²) in [5.74, 6) is 0. The van der Waals surface area contributed by atoms with Crippen molar-refractivity contribution in [2.75, 3.05) is 4.31 Å². The van der Waals surface area contributed by atoms with E-state index in [1.165, 1.54) is 19.1 Å². The lowest BCUT2D eigenvalue weighted by atomic mass is 10.2. The van der Waals surface area contributed by atoms with E-state index in [1.54, 1.807) is 37.3 Å². The minimum Gasteiger partial charge on any atom is -0.279 e. The number of hydrogen-bond donors (Lipinski definition) is 0. The number of benzene rings is 2. The Balaban J connectivity index is 2.69. The molecule has 2 aromatic rings. The molecule has 1 unspecified atom stereocenters. The summed E-state index contributed by atoms with van der Waals surface area (Å²) in [5, 5.41) is -0.382. The van der Waals surface area contributed by atoms with Crippen LogP contribution < -0.4 is 4.31 Å². The second kappa shape index (κ2) is 7.44. The lowest BCUT2D eigenvalue weighted by molar-refractivity contribution is -0.112. The molecule has 0 saturated heterocycles. The van der Waals surface area contributed by atoms with E-state index in [4.69, 9.17) is 23.2 Å². The Hall–Kier alpha value is -1.08. The lowest BCUT2D eigenvalue weighted by Crippen LogP contribution is -2.42. The van der Waals surface area contributed by atoms with Crippen molar-refractivity contribution in [2.24, 2.45) is 0 Å². The number of sulfonamides is 1. The number of halogens is 3. The average Bonchev–Trinajstić information content (AvgIpc) is 2.51. The molecule has 1 atom stereocenters. The first-order valence-corrected chi connectivity index (χ1v) is 9.89. The zero-order chi connectivity index (χ0) is 18.1. The summed E-state index contributed by atoms with van der Waals surface area (Å²) in [6, 6.07) is 9.92. The van der Waals surface area contributed by atoms with E-state index in [9.17, 15) is 13.2 Å². The van der Waals surface area contributed by atoms with Gasteiger partial charge in [-0.25, -0.2) is 8.42 Å². The highest BCUT2D eigenvalue weighted by molar-refractivity contribution is 9.10. The molecule has 8 heteroatoms. The number of carbonyl (C=O) groups excluding carboxylic acids is 1. The first-order valence-electron chi connectivity index (χ1n) is 6.90. The molecule has 0 fully saturated rings. The number of nitrogens with zero attached hydrogens (tertiary/aromatic N) is 1. The van der Waals surface area contributed by atoms with E-state index in [0.29, 0.717) is 16.3 Å². The van der Waals surface area contributed by atoms with Gasteiger partial charge in [0.25, 0.3) is 10.0 Å². The van der Waals surface area contributed by atoms with Crippen LogP contribution in [-0.4, -0.2) is 19.7 Å². The second-order valence-corrected chi connectivity index (χ2v) is 8.63. The van der Waals surface area contributed by atoms with Gasteiger partial charge in [0.15, 0.2) is 0 Å². The van der Waals surface area contributed by atoms with Crippen molar-refractivity contribution in [1.29, 1.82) is 0 Å². The van der Waals surface area contributed by atoms with Gasteiger partial charge in [0.2, 0.25) is 5.24 Å². The fourth-order valence-electron chi connectivity index (χ4n) is 2.19. The topological polar surface area (TPSA) is 54.5 Å². The summed E-state index contributed by atoms with van der Waals surface area (Å²) in [6.07, 6.45) is 0. The highest BCUT2D eigenvalue weighted by Gasteiger charge is 2.33. The summed E-state index contributed by atoms with van der Waals surface area (Å²) < 4.78 is 28.0. The van der Waals surface area contributed by atoms with E-state index in [1.807, 2.05) is 0 Å². The Labute approximate surface area is 159 Å². The zero-order valence-electron chi connectivity index (χ0n) is 12.8. The maximum absolute atomic E-state index is 13.1. The van der Waals surface area contributed by atoms with Gasteiger partial charge in [-0.3, -0.25) is 9.10 Å². The minimum absolute atomic E-state index is 0.0508. The SMILES string of the molecule is Cc1c(Cl)cccc1N(C(C)C(=O)Cl)S(=O)(=O)c1ccc(Br)cc1. The molecular weight excluding hydrogens is 437 g/mol. The molecule has 0 N–H and O–H groups in total. The van der Waals surface area contributed by atoms with Crippen LogP contribution in [0.2, 0.25) is 5.02 Å². The van der Waals surface area contributed by atoms with E-state index < -0.39 is 21.3 Å². The fourth-order valence-corrected chi connectivity index (χ4v) is 4.46. The van der Waals surface area contributed by atoms with E-state index in [2.05, 4.69) is 15.9 Å². The maximum atomic E-state index is 13.1. The van der Waals surface area contributed by atoms with Gasteiger partial charge >= 0.3 is 0 Å². The van der Waals surface area contributed by atoms with Gasteiger partial charge < -0.3 is 0 Å². The van der Waals surface area contributed by atoms with E-state index in [-0.39, 0.29) is 4.90 Å². The fraction of sp³-hybridized carbons (Fsp3) is 0.188. The summed E-state index contributed by atoms with van der Waals surface area (Å²) in [5.41, 5.74) is 0.858. The molecule has 4 nitrogen and oxygen atoms in total. The van der Waals surface area contributed by atoms with Gasteiger partial charge in [-0.05, 0) is 67.4 Å². The number of anilines is 1. The van der Waals surface area contributed by atoms with Gasteiger partial charge in [0, 0.05) is 9.50 Å². The first-order chi connectivity index (χ1) is 11.2. The first kappa shape index (κ1) is 19.2. The zero-order valence-corrected chi connectivity index (χ0v) is 16.7. The van der Waals surface area contributed by atoms with Crippen molar-refractivity contribution in [3.8, 4) is 0 Å². The molecule has 128 valence electrons. The molecule has 0 heterocycles. The molecule has 0 aromatic heterocycles. The van der Waals surface area contributed by atoms with Crippen LogP contribution in [0.1, 0.15) is 12.5 Å². The smallest absolute Gasteiger partial charge is 0.265 e. The second-order valence-electron chi connectivity index (χ2n) is 5.12. The Morgan fingerprint density at radius 3 is 2.29 bits per heavy atom. The number of rotatable bonds is 5. The Bertz CT molecular complexity index is 869. The summed E-state index contributed by atoms with van der Waals surface area (Å²) in [7, 11) is -4.01. The molecule has 24 heavy (non-hydrogen) atoms. The van der Waals surface area contributed by atoms with Crippen LogP contribution in [-0.2, 0) is 14.8 Å². The van der Waals surface area contributed by atoms with Crippen molar-refractivity contribution in [3.05, 3.63) is 57.5 Å². The van der Waals surface area contributed by atoms with E-state index in [0.717, 1.165) is 8.78 Å². The molecular formula is C16H14BrCl2NO3S. The van der Waals surface area contributed by atoms with E-state index >= 15 is 0 Å². The normalized spacial score (nSPS) is 12.7. The van der Waals surface area contributed by atoms with Crippen molar-refractivity contribution >= 4 is 60.1 Å². The quantitative estimate of drug-likeness (QED) is 0.617. The molecule has 0 spiro atoms. The highest BCUT2D eigenvalue weighted by atomic mass is 79.9. The van der Waals surface area contributed by atoms with Crippen LogP contribution in [0.4, 0.5) is 5.69 Å². The van der Waals surface area contributed by atoms with Crippen molar-refractivity contribution in [3.63, 3.8) is 0 Å². The van der Waals surface area contributed by atoms with Crippen molar-refractivity contribution < 1.29 is 13.2 Å². The van der Waals surface area contributed by atoms with Gasteiger partial charge in [0.1, 0.15) is 6.04 Å². The highest BCUT2D eigenvalue weighted by Crippen LogP contribution is 2.33. The average molecular weight is 451 g/mol. The largest absolute Gasteiger partial charge is 0.279 e. The van der Waals surface area contributed by atoms with Gasteiger partial charge in [0.05, 0.1) is 10.6 Å². The van der Waals surface area contributed by atoms with Crippen LogP contribution in [0.5, 0.6) is 0 Å². The minimum atomic E-state index is -4.01. The Kier molecular flexibility index (Phi) is 5.96. The predicted molar refractivity (Wildman–Crippen MR) is 100 cm³/mol. The molecule has 0 aliphatic rings. The summed E-state index contributed by atoms with van der Waals surface area (Å²) >= 11 is 15.0. The van der Waals surface area contributed by atoms with Crippen LogP contribution in [0.15, 0.2) is 51.8 Å². The number of carbonyl (C=O) groups is 1. The third-order valence-corrected chi connectivity index (χ3v) is 6.68. The molecule has 0 bridgehead atoms. The van der Waals surface area contributed by atoms with Gasteiger partial charge in [-0.15, -0.1) is 0 Å². The molecule has 0 saturated carbocycles. The van der Waals surface area contributed by atoms with Gasteiger partial charge in [-0.2, -0.15) is 0 Å². The van der Waals surface area contributed by atoms with Crippen molar-refractivity contribution in [1.82, 2.24) is 0 Å². The third kappa shape index (κ3) is 3.77. The van der Waals surface area contributed by atoms with Crippen LogP contribution >= 0.6 is 39.1 Å². The monoisotopic (exact) mass is 449 g/mol. The Morgan fingerprint density at radius 1 is 1.17 bits per heavy atom. The van der Waals surface area contributed by atoms with Crippen LogP contribution in [0.3, 0.4) is 0 Å². The number of hydrogen-bond acceptors (Lipinski definition) is 3. The summed E-state index contributed by atoms with van der Waals surface area (Å²) in [6.45, 7) is 3.12. The maximum Gasteiger partial charge on any atom is 0.265 e. The third-order valence-electron chi connectivity index (χ3n) is 3.53. The predicted octanol–water partition coefficient (Wildman–Crippen LogP) is 4.76. The molecule has 2 rings (SSSR count). The Morgan fingerprint density at radius 2 is 1.75 bits per heavy atom. The summed E-state index contributed by atoms with van der Waals surface area (Å²) in [4.78, 5) is 11.8. The molecule has 2 aromatic carbocycles.